The molecule has 0 fully saturated rings. The molecule has 0 heterocycles. The minimum absolute atomic E-state index is 0.105. The van der Waals surface area contributed by atoms with E-state index >= 15 is 0 Å². The first kappa shape index (κ1) is 14.3. The highest BCUT2D eigenvalue weighted by Crippen LogP contribution is 2.19. The molecule has 1 atom stereocenters. The van der Waals surface area contributed by atoms with Gasteiger partial charge in [-0.1, -0.05) is 0 Å². The second kappa shape index (κ2) is 5.27. The highest BCUT2D eigenvalue weighted by molar-refractivity contribution is 7.86. The average molecular weight is 269 g/mol. The van der Waals surface area contributed by atoms with Gasteiger partial charge in [0.15, 0.2) is 0 Å². The Morgan fingerprint density at radius 1 is 1.50 bits per heavy atom. The van der Waals surface area contributed by atoms with E-state index in [0.29, 0.717) is 5.56 Å². The predicted octanol–water partition coefficient (Wildman–Crippen LogP) is 1.81. The van der Waals surface area contributed by atoms with Crippen molar-refractivity contribution in [2.75, 3.05) is 0 Å². The molecule has 1 aromatic rings. The number of nitriles is 1. The summed E-state index contributed by atoms with van der Waals surface area (Å²) < 4.78 is 23.6. The van der Waals surface area contributed by atoms with E-state index in [1.807, 2.05) is 0 Å². The summed E-state index contributed by atoms with van der Waals surface area (Å²) in [7, 11) is -1.71. The van der Waals surface area contributed by atoms with Crippen LogP contribution in [0.1, 0.15) is 25.0 Å². The lowest BCUT2D eigenvalue weighted by Gasteiger charge is -2.18. The van der Waals surface area contributed by atoms with Crippen molar-refractivity contribution in [3.63, 3.8) is 0 Å². The van der Waals surface area contributed by atoms with Crippen LogP contribution in [-0.2, 0) is 21.3 Å². The summed E-state index contributed by atoms with van der Waals surface area (Å²) in [6.45, 7) is 2.69. The maximum atomic E-state index is 13.2. The second-order valence-electron chi connectivity index (χ2n) is 4.27. The molecule has 18 heavy (non-hydrogen) atoms. The van der Waals surface area contributed by atoms with Crippen LogP contribution in [-0.4, -0.2) is 20.0 Å². The van der Waals surface area contributed by atoms with Gasteiger partial charge in [0.25, 0.3) is 0 Å². The van der Waals surface area contributed by atoms with E-state index in [4.69, 9.17) is 10.4 Å². The summed E-state index contributed by atoms with van der Waals surface area (Å²) in [5.41, 5.74) is 0.467. The highest BCUT2D eigenvalue weighted by atomic mass is 32.2. The normalized spacial score (nSPS) is 12.8. The fourth-order valence-corrected chi connectivity index (χ4v) is 2.25. The van der Waals surface area contributed by atoms with Crippen LogP contribution in [0.2, 0.25) is 0 Å². The fourth-order valence-electron chi connectivity index (χ4n) is 1.23. The first-order valence-electron chi connectivity index (χ1n) is 5.09. The molecule has 0 saturated carbocycles. The number of halogens is 1. The summed E-state index contributed by atoms with van der Waals surface area (Å²) in [4.78, 5) is 10.9. The largest absolute Gasteiger partial charge is 0.480 e. The molecule has 0 radical (unpaired) electrons. The standard InChI is InChI=1S/C12H12FNO3S/c1-12(2,11(15)16)18(17)7-9-3-8(6-14)4-10(13)5-9/h3-5H,7H2,1-2H3,(H,15,16). The lowest BCUT2D eigenvalue weighted by Crippen LogP contribution is -2.37. The number of nitrogens with zero attached hydrogens (tertiary/aromatic N) is 1. The Morgan fingerprint density at radius 2 is 2.11 bits per heavy atom. The number of carboxylic acid groups (broad SMARTS) is 1. The van der Waals surface area contributed by atoms with Gasteiger partial charge in [0, 0.05) is 16.6 Å². The predicted molar refractivity (Wildman–Crippen MR) is 64.7 cm³/mol. The first-order valence-corrected chi connectivity index (χ1v) is 6.40. The van der Waals surface area contributed by atoms with E-state index < -0.39 is 27.3 Å². The van der Waals surface area contributed by atoms with Gasteiger partial charge in [0.2, 0.25) is 0 Å². The molecule has 0 amide bonds. The zero-order valence-corrected chi connectivity index (χ0v) is 10.8. The Hall–Kier alpha value is -1.74. The van der Waals surface area contributed by atoms with E-state index in [-0.39, 0.29) is 11.3 Å². The molecule has 1 aromatic carbocycles. The van der Waals surface area contributed by atoms with Crippen molar-refractivity contribution in [1.29, 1.82) is 5.26 Å². The lowest BCUT2D eigenvalue weighted by atomic mass is 10.1. The SMILES string of the molecule is CC(C)(C(=O)O)S(=O)Cc1cc(F)cc(C#N)c1. The van der Waals surface area contributed by atoms with Crippen molar-refractivity contribution in [2.24, 2.45) is 0 Å². The Bertz CT molecular complexity index is 549. The van der Waals surface area contributed by atoms with Gasteiger partial charge < -0.3 is 5.11 Å². The Balaban J connectivity index is 2.99. The van der Waals surface area contributed by atoms with E-state index in [9.17, 15) is 13.4 Å². The van der Waals surface area contributed by atoms with Crippen molar-refractivity contribution < 1.29 is 18.5 Å². The number of benzene rings is 1. The number of carbonyl (C=O) groups is 1. The molecule has 0 aliphatic heterocycles. The average Bonchev–Trinajstić information content (AvgIpc) is 2.27. The fraction of sp³-hybridized carbons (Fsp3) is 0.333. The van der Waals surface area contributed by atoms with Crippen molar-refractivity contribution in [3.8, 4) is 6.07 Å². The molecule has 1 N–H and O–H groups in total. The first-order chi connectivity index (χ1) is 8.27. The van der Waals surface area contributed by atoms with Gasteiger partial charge in [0.05, 0.1) is 11.6 Å². The summed E-state index contributed by atoms with van der Waals surface area (Å²) in [6.07, 6.45) is 0. The van der Waals surface area contributed by atoms with Crippen LogP contribution in [0.5, 0.6) is 0 Å². The van der Waals surface area contributed by atoms with Gasteiger partial charge >= 0.3 is 5.97 Å². The minimum Gasteiger partial charge on any atom is -0.480 e. The molecule has 0 saturated heterocycles. The van der Waals surface area contributed by atoms with Crippen molar-refractivity contribution >= 4 is 16.8 Å². The van der Waals surface area contributed by atoms with E-state index in [2.05, 4.69) is 0 Å². The summed E-state index contributed by atoms with van der Waals surface area (Å²) in [5.74, 6) is -1.89. The smallest absolute Gasteiger partial charge is 0.321 e. The topological polar surface area (TPSA) is 78.2 Å². The second-order valence-corrected chi connectivity index (χ2v) is 6.27. The van der Waals surface area contributed by atoms with Crippen LogP contribution in [0.3, 0.4) is 0 Å². The van der Waals surface area contributed by atoms with Crippen LogP contribution in [0.4, 0.5) is 4.39 Å². The van der Waals surface area contributed by atoms with Crippen LogP contribution < -0.4 is 0 Å². The molecule has 0 spiro atoms. The number of rotatable bonds is 4. The zero-order valence-electron chi connectivity index (χ0n) is 9.94. The van der Waals surface area contributed by atoms with E-state index in [1.54, 1.807) is 6.07 Å². The molecule has 0 bridgehead atoms. The molecule has 0 aliphatic rings. The quantitative estimate of drug-likeness (QED) is 0.904. The summed E-state index contributed by atoms with van der Waals surface area (Å²) in [6, 6.07) is 5.40. The zero-order chi connectivity index (χ0) is 13.9. The van der Waals surface area contributed by atoms with E-state index in [0.717, 1.165) is 12.1 Å². The number of aliphatic carboxylic acids is 1. The molecule has 6 heteroatoms. The van der Waals surface area contributed by atoms with Gasteiger partial charge in [-0.2, -0.15) is 5.26 Å². The minimum atomic E-state index is -1.71. The van der Waals surface area contributed by atoms with Crippen molar-refractivity contribution in [3.05, 3.63) is 35.1 Å². The molecule has 0 aliphatic carbocycles. The maximum Gasteiger partial charge on any atom is 0.321 e. The Morgan fingerprint density at radius 3 is 2.61 bits per heavy atom. The maximum absolute atomic E-state index is 13.2. The Labute approximate surface area is 107 Å². The van der Waals surface area contributed by atoms with Crippen molar-refractivity contribution in [1.82, 2.24) is 0 Å². The molecular formula is C12H12FNO3S. The molecule has 1 rings (SSSR count). The molecule has 96 valence electrons. The summed E-state index contributed by atoms with van der Waals surface area (Å²) in [5, 5.41) is 17.6. The highest BCUT2D eigenvalue weighted by Gasteiger charge is 2.34. The van der Waals surface area contributed by atoms with Gasteiger partial charge in [-0.05, 0) is 37.6 Å². The third-order valence-corrected chi connectivity index (χ3v) is 4.38. The number of hydrogen-bond acceptors (Lipinski definition) is 3. The molecule has 4 nitrogen and oxygen atoms in total. The van der Waals surface area contributed by atoms with Gasteiger partial charge in [0.1, 0.15) is 10.6 Å². The summed E-state index contributed by atoms with van der Waals surface area (Å²) >= 11 is 0. The lowest BCUT2D eigenvalue weighted by molar-refractivity contribution is -0.139. The van der Waals surface area contributed by atoms with Gasteiger partial charge in [-0.3, -0.25) is 9.00 Å². The third-order valence-electron chi connectivity index (χ3n) is 2.47. The molecule has 1 unspecified atom stereocenters. The Kier molecular flexibility index (Phi) is 4.19. The van der Waals surface area contributed by atoms with Crippen LogP contribution in [0.25, 0.3) is 0 Å². The van der Waals surface area contributed by atoms with Crippen LogP contribution in [0, 0.1) is 17.1 Å². The molecule has 0 aromatic heterocycles. The molecular weight excluding hydrogens is 257 g/mol. The van der Waals surface area contributed by atoms with Crippen molar-refractivity contribution in [2.45, 2.75) is 24.3 Å². The monoisotopic (exact) mass is 269 g/mol. The van der Waals surface area contributed by atoms with Crippen LogP contribution >= 0.6 is 0 Å². The third kappa shape index (κ3) is 3.14. The van der Waals surface area contributed by atoms with Gasteiger partial charge in [-0.25, -0.2) is 4.39 Å². The van der Waals surface area contributed by atoms with Gasteiger partial charge in [-0.15, -0.1) is 0 Å². The number of hydrogen-bond donors (Lipinski definition) is 1. The number of carboxylic acids is 1. The van der Waals surface area contributed by atoms with E-state index in [1.165, 1.54) is 19.9 Å². The van der Waals surface area contributed by atoms with Crippen LogP contribution in [0.15, 0.2) is 18.2 Å².